The normalized spacial score (nSPS) is 11.1. The van der Waals surface area contributed by atoms with Crippen LogP contribution in [0.5, 0.6) is 16.7 Å². The molecule has 1 aromatic heterocycles. The molecule has 29 heavy (non-hydrogen) atoms. The Labute approximate surface area is 183 Å². The van der Waals surface area contributed by atoms with Crippen molar-refractivity contribution in [2.24, 2.45) is 4.99 Å². The Morgan fingerprint density at radius 3 is 2.72 bits per heavy atom. The van der Waals surface area contributed by atoms with Crippen molar-refractivity contribution in [3.8, 4) is 16.7 Å². The van der Waals surface area contributed by atoms with Crippen molar-refractivity contribution < 1.29 is 9.47 Å². The molecule has 9 heteroatoms. The lowest BCUT2D eigenvalue weighted by Crippen LogP contribution is -2.14. The average Bonchev–Trinajstić information content (AvgIpc) is 3.16. The Morgan fingerprint density at radius 2 is 1.97 bits per heavy atom. The summed E-state index contributed by atoms with van der Waals surface area (Å²) >= 11 is 13.6. The third kappa shape index (κ3) is 5.82. The van der Waals surface area contributed by atoms with Crippen molar-refractivity contribution in [1.82, 2.24) is 14.3 Å². The van der Waals surface area contributed by atoms with E-state index in [0.29, 0.717) is 38.2 Å². The van der Waals surface area contributed by atoms with Crippen molar-refractivity contribution in [3.63, 3.8) is 0 Å². The van der Waals surface area contributed by atoms with Crippen LogP contribution in [0.3, 0.4) is 0 Å². The smallest absolute Gasteiger partial charge is 0.298 e. The van der Waals surface area contributed by atoms with Gasteiger partial charge in [-0.2, -0.15) is 9.36 Å². The minimum Gasteiger partial charge on any atom is -0.484 e. The first-order valence-corrected chi connectivity index (χ1v) is 10.4. The summed E-state index contributed by atoms with van der Waals surface area (Å²) < 4.78 is 15.8. The summed E-state index contributed by atoms with van der Waals surface area (Å²) in [6.07, 6.45) is 1.75. The molecular weight excluding hydrogens is 431 g/mol. The van der Waals surface area contributed by atoms with Crippen LogP contribution >= 0.6 is 34.7 Å². The van der Waals surface area contributed by atoms with Gasteiger partial charge in [-0.3, -0.25) is 0 Å². The van der Waals surface area contributed by atoms with Crippen LogP contribution < -0.4 is 9.47 Å². The Bertz CT molecular complexity index is 1010. The minimum absolute atomic E-state index is 0.196. The Kier molecular flexibility index (Phi) is 7.30. The second-order valence-corrected chi connectivity index (χ2v) is 7.71. The highest BCUT2D eigenvalue weighted by molar-refractivity contribution is 7.07. The standard InChI is InChI=1S/C20H20Cl2N4O2S/c1-4-26(3)12-23-16-9-13(2)18(10-15(16)22)28-20-24-19(25-29-20)11-27-17-8-6-5-7-14(17)21/h5-10,12H,4,11H2,1-3H3. The second kappa shape index (κ2) is 9.91. The number of para-hydroxylation sites is 1. The maximum Gasteiger partial charge on any atom is 0.298 e. The zero-order valence-corrected chi connectivity index (χ0v) is 18.6. The summed E-state index contributed by atoms with van der Waals surface area (Å²) in [4.78, 5) is 10.7. The number of halogens is 2. The van der Waals surface area contributed by atoms with Crippen molar-refractivity contribution >= 4 is 46.8 Å². The summed E-state index contributed by atoms with van der Waals surface area (Å²) in [5, 5.41) is 1.44. The lowest BCUT2D eigenvalue weighted by atomic mass is 10.2. The van der Waals surface area contributed by atoms with E-state index in [1.165, 1.54) is 0 Å². The van der Waals surface area contributed by atoms with Gasteiger partial charge in [-0.25, -0.2) is 4.99 Å². The van der Waals surface area contributed by atoms with E-state index in [-0.39, 0.29) is 6.61 Å². The number of rotatable bonds is 8. The third-order valence-electron chi connectivity index (χ3n) is 3.98. The predicted molar refractivity (Wildman–Crippen MR) is 118 cm³/mol. The number of aryl methyl sites for hydroxylation is 1. The lowest BCUT2D eigenvalue weighted by Gasteiger charge is -2.10. The molecule has 6 nitrogen and oxygen atoms in total. The van der Waals surface area contributed by atoms with Crippen LogP contribution in [0.25, 0.3) is 0 Å². The van der Waals surface area contributed by atoms with Crippen LogP contribution in [0.4, 0.5) is 5.69 Å². The molecule has 152 valence electrons. The molecule has 0 saturated heterocycles. The van der Waals surface area contributed by atoms with Gasteiger partial charge in [0.25, 0.3) is 5.19 Å². The Balaban J connectivity index is 1.67. The molecular formula is C20H20Cl2N4O2S. The van der Waals surface area contributed by atoms with Crippen LogP contribution in [-0.2, 0) is 6.61 Å². The molecule has 0 saturated carbocycles. The third-order valence-corrected chi connectivity index (χ3v) is 5.23. The number of ether oxygens (including phenoxy) is 2. The number of hydrogen-bond donors (Lipinski definition) is 0. The summed E-state index contributed by atoms with van der Waals surface area (Å²) in [7, 11) is 1.95. The highest BCUT2D eigenvalue weighted by Gasteiger charge is 2.12. The first-order valence-electron chi connectivity index (χ1n) is 8.88. The molecule has 0 bridgehead atoms. The largest absolute Gasteiger partial charge is 0.484 e. The summed E-state index contributed by atoms with van der Waals surface area (Å²) in [5.41, 5.74) is 1.58. The van der Waals surface area contributed by atoms with Gasteiger partial charge < -0.3 is 14.4 Å². The highest BCUT2D eigenvalue weighted by atomic mass is 35.5. The van der Waals surface area contributed by atoms with Gasteiger partial charge >= 0.3 is 0 Å². The van der Waals surface area contributed by atoms with Crippen molar-refractivity contribution in [3.05, 3.63) is 57.8 Å². The van der Waals surface area contributed by atoms with Crippen molar-refractivity contribution in [1.29, 1.82) is 0 Å². The molecule has 1 heterocycles. The number of nitrogens with zero attached hydrogens (tertiary/aromatic N) is 4. The molecule has 0 fully saturated rings. The SMILES string of the molecule is CCN(C)C=Nc1cc(C)c(Oc2nc(COc3ccccc3Cl)ns2)cc1Cl. The Hall–Kier alpha value is -2.35. The number of benzene rings is 2. The topological polar surface area (TPSA) is 59.8 Å². The Morgan fingerprint density at radius 1 is 1.17 bits per heavy atom. The molecule has 2 aromatic carbocycles. The van der Waals surface area contributed by atoms with Crippen LogP contribution in [0, 0.1) is 6.92 Å². The van der Waals surface area contributed by atoms with Crippen LogP contribution in [0.15, 0.2) is 41.4 Å². The predicted octanol–water partition coefficient (Wildman–Crippen LogP) is 6.14. The lowest BCUT2D eigenvalue weighted by molar-refractivity contribution is 0.296. The van der Waals surface area contributed by atoms with Crippen LogP contribution in [0.1, 0.15) is 18.3 Å². The van der Waals surface area contributed by atoms with Gasteiger partial charge in [0.1, 0.15) is 18.1 Å². The quantitative estimate of drug-likeness (QED) is 0.304. The molecule has 0 aliphatic heterocycles. The van der Waals surface area contributed by atoms with Gasteiger partial charge in [-0.05, 0) is 37.6 Å². The van der Waals surface area contributed by atoms with E-state index in [1.807, 2.05) is 44.0 Å². The molecule has 0 radical (unpaired) electrons. The number of aromatic nitrogens is 2. The molecule has 3 rings (SSSR count). The van der Waals surface area contributed by atoms with E-state index in [2.05, 4.69) is 14.3 Å². The number of hydrogen-bond acceptors (Lipinski definition) is 6. The molecule has 3 aromatic rings. The summed E-state index contributed by atoms with van der Waals surface area (Å²) in [6.45, 7) is 5.03. The van der Waals surface area contributed by atoms with Gasteiger partial charge in [0, 0.05) is 31.2 Å². The maximum atomic E-state index is 6.35. The summed E-state index contributed by atoms with van der Waals surface area (Å²) in [5.74, 6) is 1.70. The van der Waals surface area contributed by atoms with Crippen molar-refractivity contribution in [2.75, 3.05) is 13.6 Å². The van der Waals surface area contributed by atoms with Gasteiger partial charge in [-0.1, -0.05) is 35.3 Å². The van der Waals surface area contributed by atoms with E-state index in [4.69, 9.17) is 32.7 Å². The molecule has 0 spiro atoms. The fourth-order valence-electron chi connectivity index (χ4n) is 2.24. The van der Waals surface area contributed by atoms with Gasteiger partial charge in [0.15, 0.2) is 5.82 Å². The van der Waals surface area contributed by atoms with Crippen LogP contribution in [0.2, 0.25) is 10.0 Å². The fourth-order valence-corrected chi connectivity index (χ4v) is 3.18. The zero-order valence-electron chi connectivity index (χ0n) is 16.2. The van der Waals surface area contributed by atoms with Crippen molar-refractivity contribution in [2.45, 2.75) is 20.5 Å². The van der Waals surface area contributed by atoms with E-state index < -0.39 is 0 Å². The fraction of sp³-hybridized carbons (Fsp3) is 0.250. The molecule has 0 atom stereocenters. The van der Waals surface area contributed by atoms with Gasteiger partial charge in [-0.15, -0.1) is 0 Å². The number of aliphatic imine (C=N–C) groups is 1. The van der Waals surface area contributed by atoms with Crippen LogP contribution in [-0.4, -0.2) is 34.2 Å². The molecule has 0 N–H and O–H groups in total. The van der Waals surface area contributed by atoms with Gasteiger partial charge in [0.2, 0.25) is 0 Å². The van der Waals surface area contributed by atoms with E-state index in [0.717, 1.165) is 23.6 Å². The van der Waals surface area contributed by atoms with E-state index in [1.54, 1.807) is 24.5 Å². The van der Waals surface area contributed by atoms with Gasteiger partial charge in [0.05, 0.1) is 22.1 Å². The summed E-state index contributed by atoms with van der Waals surface area (Å²) in [6, 6.07) is 10.9. The highest BCUT2D eigenvalue weighted by Crippen LogP contribution is 2.35. The average molecular weight is 451 g/mol. The zero-order chi connectivity index (χ0) is 20.8. The monoisotopic (exact) mass is 450 g/mol. The molecule has 0 aliphatic rings. The molecule has 0 aliphatic carbocycles. The maximum absolute atomic E-state index is 6.35. The first kappa shape index (κ1) is 21.4. The van der Waals surface area contributed by atoms with E-state index in [9.17, 15) is 0 Å². The molecule has 0 amide bonds. The minimum atomic E-state index is 0.196. The molecule has 0 unspecified atom stereocenters. The first-order chi connectivity index (χ1) is 14.0. The second-order valence-electron chi connectivity index (χ2n) is 6.18. The van der Waals surface area contributed by atoms with E-state index >= 15 is 0 Å².